The summed E-state index contributed by atoms with van der Waals surface area (Å²) in [5, 5.41) is 0. The molecule has 2 heterocycles. The van der Waals surface area contributed by atoms with Crippen LogP contribution in [0.15, 0.2) is 22.9 Å². The molecular formula is C16H21BrN2O4. The Labute approximate surface area is 144 Å². The van der Waals surface area contributed by atoms with E-state index in [1.165, 1.54) is 6.20 Å². The third-order valence-corrected chi connectivity index (χ3v) is 4.01. The number of halogens is 1. The van der Waals surface area contributed by atoms with Gasteiger partial charge in [-0.1, -0.05) is 0 Å². The predicted molar refractivity (Wildman–Crippen MR) is 88.1 cm³/mol. The third kappa shape index (κ3) is 5.58. The molecule has 1 aliphatic heterocycles. The normalized spacial score (nSPS) is 17.0. The molecule has 1 saturated heterocycles. The van der Waals surface area contributed by atoms with Crippen molar-refractivity contribution in [1.82, 2.24) is 9.88 Å². The molecule has 0 aliphatic carbocycles. The van der Waals surface area contributed by atoms with Gasteiger partial charge in [-0.25, -0.2) is 0 Å². The fraction of sp³-hybridized carbons (Fsp3) is 0.562. The molecule has 1 fully saturated rings. The van der Waals surface area contributed by atoms with Crippen molar-refractivity contribution < 1.29 is 19.1 Å². The van der Waals surface area contributed by atoms with Crippen molar-refractivity contribution in [2.24, 2.45) is 0 Å². The monoisotopic (exact) mass is 384 g/mol. The van der Waals surface area contributed by atoms with E-state index in [2.05, 4.69) is 20.9 Å². The van der Waals surface area contributed by atoms with Crippen LogP contribution in [0.5, 0.6) is 0 Å². The number of carbonyl (C=O) groups excluding carboxylic acids is 2. The lowest BCUT2D eigenvalue weighted by Gasteiger charge is -2.25. The molecule has 1 amide bonds. The van der Waals surface area contributed by atoms with Gasteiger partial charge >= 0.3 is 5.97 Å². The van der Waals surface area contributed by atoms with Gasteiger partial charge in [-0.3, -0.25) is 14.6 Å². The van der Waals surface area contributed by atoms with Crippen LogP contribution in [-0.4, -0.2) is 54.2 Å². The summed E-state index contributed by atoms with van der Waals surface area (Å²) in [5.41, 5.74) is 0.487. The Kier molecular flexibility index (Phi) is 6.98. The highest BCUT2D eigenvalue weighted by Crippen LogP contribution is 2.17. The van der Waals surface area contributed by atoms with Crippen LogP contribution in [0, 0.1) is 0 Å². The molecule has 6 nitrogen and oxygen atoms in total. The molecule has 7 heteroatoms. The summed E-state index contributed by atoms with van der Waals surface area (Å²) in [6, 6.07) is 1.72. The highest BCUT2D eigenvalue weighted by Gasteiger charge is 2.24. The fourth-order valence-electron chi connectivity index (χ4n) is 2.48. The number of nitrogens with zero attached hydrogens (tertiary/aromatic N) is 2. The van der Waals surface area contributed by atoms with Gasteiger partial charge in [0.15, 0.2) is 0 Å². The van der Waals surface area contributed by atoms with Gasteiger partial charge in [0.05, 0.1) is 24.7 Å². The van der Waals surface area contributed by atoms with Crippen LogP contribution in [0.25, 0.3) is 0 Å². The van der Waals surface area contributed by atoms with Gasteiger partial charge in [-0.2, -0.15) is 0 Å². The SMILES string of the molecule is CCOC(=O)CCN(CC1CCCO1)C(=O)c1cncc(Br)c1. The van der Waals surface area contributed by atoms with Crippen molar-refractivity contribution in [2.75, 3.05) is 26.3 Å². The molecule has 1 aliphatic rings. The van der Waals surface area contributed by atoms with E-state index in [0.717, 1.165) is 23.9 Å². The van der Waals surface area contributed by atoms with Gasteiger partial charge in [0.2, 0.25) is 0 Å². The van der Waals surface area contributed by atoms with Crippen molar-refractivity contribution in [3.05, 3.63) is 28.5 Å². The van der Waals surface area contributed by atoms with Crippen molar-refractivity contribution in [3.8, 4) is 0 Å². The highest BCUT2D eigenvalue weighted by molar-refractivity contribution is 9.10. The molecule has 0 aromatic carbocycles. The minimum atomic E-state index is -0.301. The molecule has 1 unspecified atom stereocenters. The molecule has 0 saturated carbocycles. The quantitative estimate of drug-likeness (QED) is 0.675. The lowest BCUT2D eigenvalue weighted by atomic mass is 10.2. The van der Waals surface area contributed by atoms with E-state index in [1.54, 1.807) is 24.1 Å². The molecule has 126 valence electrons. The maximum absolute atomic E-state index is 12.7. The number of hydrogen-bond acceptors (Lipinski definition) is 5. The lowest BCUT2D eigenvalue weighted by Crippen LogP contribution is -2.39. The number of hydrogen-bond donors (Lipinski definition) is 0. The Morgan fingerprint density at radius 2 is 2.30 bits per heavy atom. The summed E-state index contributed by atoms with van der Waals surface area (Å²) in [5.74, 6) is -0.455. The van der Waals surface area contributed by atoms with E-state index in [9.17, 15) is 9.59 Å². The number of amides is 1. The molecule has 1 atom stereocenters. The average Bonchev–Trinajstić information content (AvgIpc) is 3.04. The Morgan fingerprint density at radius 1 is 1.48 bits per heavy atom. The maximum atomic E-state index is 12.7. The predicted octanol–water partition coefficient (Wildman–Crippen LogP) is 2.42. The zero-order valence-electron chi connectivity index (χ0n) is 13.2. The van der Waals surface area contributed by atoms with E-state index in [-0.39, 0.29) is 24.4 Å². The molecule has 23 heavy (non-hydrogen) atoms. The summed E-state index contributed by atoms with van der Waals surface area (Å²) in [6.07, 6.45) is 5.29. The van der Waals surface area contributed by atoms with Gasteiger partial charge in [-0.05, 0) is 41.8 Å². The Hall–Kier alpha value is -1.47. The largest absolute Gasteiger partial charge is 0.466 e. The van der Waals surface area contributed by atoms with Crippen molar-refractivity contribution >= 4 is 27.8 Å². The minimum Gasteiger partial charge on any atom is -0.466 e. The first-order chi connectivity index (χ1) is 11.1. The Balaban J connectivity index is 2.04. The highest BCUT2D eigenvalue weighted by atomic mass is 79.9. The van der Waals surface area contributed by atoms with Crippen molar-refractivity contribution in [1.29, 1.82) is 0 Å². The van der Waals surface area contributed by atoms with Gasteiger partial charge in [0.1, 0.15) is 0 Å². The van der Waals surface area contributed by atoms with Crippen molar-refractivity contribution in [3.63, 3.8) is 0 Å². The Bertz CT molecular complexity index is 547. The molecule has 0 N–H and O–H groups in total. The van der Waals surface area contributed by atoms with Crippen LogP contribution in [0.2, 0.25) is 0 Å². The van der Waals surface area contributed by atoms with Crippen LogP contribution < -0.4 is 0 Å². The zero-order valence-corrected chi connectivity index (χ0v) is 14.8. The second-order valence-electron chi connectivity index (χ2n) is 5.33. The average molecular weight is 385 g/mol. The Morgan fingerprint density at radius 3 is 2.96 bits per heavy atom. The first-order valence-electron chi connectivity index (χ1n) is 7.77. The van der Waals surface area contributed by atoms with E-state index >= 15 is 0 Å². The smallest absolute Gasteiger partial charge is 0.307 e. The summed E-state index contributed by atoms with van der Waals surface area (Å²) in [4.78, 5) is 30.0. The first kappa shape index (κ1) is 17.9. The summed E-state index contributed by atoms with van der Waals surface area (Å²) >= 11 is 3.32. The first-order valence-corrected chi connectivity index (χ1v) is 8.56. The summed E-state index contributed by atoms with van der Waals surface area (Å²) < 4.78 is 11.3. The lowest BCUT2D eigenvalue weighted by molar-refractivity contribution is -0.143. The minimum absolute atomic E-state index is 0.0289. The van der Waals surface area contributed by atoms with E-state index in [1.807, 2.05) is 0 Å². The number of rotatable bonds is 7. The number of ether oxygens (including phenoxy) is 2. The maximum Gasteiger partial charge on any atom is 0.307 e. The van der Waals surface area contributed by atoms with Gasteiger partial charge < -0.3 is 14.4 Å². The van der Waals surface area contributed by atoms with Crippen LogP contribution in [-0.2, 0) is 14.3 Å². The van der Waals surface area contributed by atoms with E-state index < -0.39 is 0 Å². The number of carbonyl (C=O) groups is 2. The number of aromatic nitrogens is 1. The van der Waals surface area contributed by atoms with Crippen LogP contribution >= 0.6 is 15.9 Å². The second-order valence-corrected chi connectivity index (χ2v) is 6.25. The summed E-state index contributed by atoms with van der Waals surface area (Å²) in [7, 11) is 0. The topological polar surface area (TPSA) is 68.7 Å². The van der Waals surface area contributed by atoms with Crippen LogP contribution in [0.4, 0.5) is 0 Å². The van der Waals surface area contributed by atoms with Crippen LogP contribution in [0.1, 0.15) is 36.5 Å². The molecule has 0 spiro atoms. The van der Waals surface area contributed by atoms with Crippen molar-refractivity contribution in [2.45, 2.75) is 32.3 Å². The molecule has 0 bridgehead atoms. The molecule has 2 rings (SSSR count). The second kappa shape index (κ2) is 8.98. The molecule has 1 aromatic rings. The van der Waals surface area contributed by atoms with E-state index in [4.69, 9.17) is 9.47 Å². The van der Waals surface area contributed by atoms with Gasteiger partial charge in [0, 0.05) is 36.6 Å². The van der Waals surface area contributed by atoms with E-state index in [0.29, 0.717) is 25.3 Å². The molecular weight excluding hydrogens is 364 g/mol. The summed E-state index contributed by atoms with van der Waals surface area (Å²) in [6.45, 7) is 3.62. The number of pyridine rings is 1. The van der Waals surface area contributed by atoms with Gasteiger partial charge in [-0.15, -0.1) is 0 Å². The third-order valence-electron chi connectivity index (χ3n) is 3.58. The zero-order chi connectivity index (χ0) is 16.7. The standard InChI is InChI=1S/C16H21BrN2O4/c1-2-22-15(20)5-6-19(11-14-4-3-7-23-14)16(21)12-8-13(17)10-18-9-12/h8-10,14H,2-7,11H2,1H3. The fourth-order valence-corrected chi connectivity index (χ4v) is 2.85. The van der Waals surface area contributed by atoms with Gasteiger partial charge in [0.25, 0.3) is 5.91 Å². The van der Waals surface area contributed by atoms with Crippen LogP contribution in [0.3, 0.4) is 0 Å². The number of esters is 1. The molecule has 0 radical (unpaired) electrons. The molecule has 1 aromatic heterocycles.